The summed E-state index contributed by atoms with van der Waals surface area (Å²) in [4.78, 5) is 11.9. The minimum absolute atomic E-state index is 0.136. The van der Waals surface area contributed by atoms with Crippen molar-refractivity contribution in [3.63, 3.8) is 0 Å². The van der Waals surface area contributed by atoms with E-state index in [0.717, 1.165) is 5.19 Å². The normalized spacial score (nSPS) is 10.6. The van der Waals surface area contributed by atoms with Crippen LogP contribution >= 0.6 is 0 Å². The molecule has 4 nitrogen and oxygen atoms in total. The first kappa shape index (κ1) is 13.2. The minimum Gasteiger partial charge on any atom is -0.496 e. The summed E-state index contributed by atoms with van der Waals surface area (Å²) in [6.45, 7) is 0. The largest absolute Gasteiger partial charge is 0.496 e. The van der Waals surface area contributed by atoms with E-state index in [0.29, 0.717) is 11.3 Å². The fraction of sp³-hybridized carbons (Fsp3) is 0.0714. The molecule has 2 rings (SSSR count). The predicted molar refractivity (Wildman–Crippen MR) is 74.0 cm³/mol. The highest BCUT2D eigenvalue weighted by Crippen LogP contribution is 2.18. The molecule has 0 aromatic heterocycles. The van der Waals surface area contributed by atoms with E-state index in [1.54, 1.807) is 24.3 Å². The topological polar surface area (TPSA) is 51.0 Å². The molecule has 0 fully saturated rings. The standard InChI is InChI=1S/C14H12N2O2Si/c1-18-13-10-6-5-9-12(13)14(17)15-16-19-11-7-3-2-4-8-11/h2-10H,1H3. The van der Waals surface area contributed by atoms with E-state index in [2.05, 4.69) is 9.89 Å². The molecule has 0 aliphatic rings. The van der Waals surface area contributed by atoms with Crippen LogP contribution in [0.2, 0.25) is 0 Å². The van der Waals surface area contributed by atoms with Gasteiger partial charge in [-0.3, -0.25) is 4.79 Å². The third kappa shape index (κ3) is 3.59. The van der Waals surface area contributed by atoms with Gasteiger partial charge < -0.3 is 4.74 Å². The van der Waals surface area contributed by atoms with Gasteiger partial charge in [-0.1, -0.05) is 42.5 Å². The first-order valence-corrected chi connectivity index (χ1v) is 6.65. The Morgan fingerprint density at radius 3 is 2.47 bits per heavy atom. The van der Waals surface area contributed by atoms with Crippen LogP contribution in [-0.2, 0) is 0 Å². The number of amides is 1. The maximum Gasteiger partial charge on any atom is 0.297 e. The smallest absolute Gasteiger partial charge is 0.297 e. The molecular formula is C14H12N2O2Si. The second kappa shape index (κ2) is 6.60. The molecule has 5 heteroatoms. The number of benzene rings is 2. The van der Waals surface area contributed by atoms with Gasteiger partial charge in [-0.2, -0.15) is 0 Å². The fourth-order valence-corrected chi connectivity index (χ4v) is 2.11. The van der Waals surface area contributed by atoms with Crippen molar-refractivity contribution in [2.24, 2.45) is 9.89 Å². The Morgan fingerprint density at radius 1 is 1.05 bits per heavy atom. The summed E-state index contributed by atoms with van der Waals surface area (Å²) in [6, 6.07) is 16.7. The number of methoxy groups -OCH3 is 1. The lowest BCUT2D eigenvalue weighted by Crippen LogP contribution is -2.10. The van der Waals surface area contributed by atoms with E-state index in [1.807, 2.05) is 30.3 Å². The van der Waals surface area contributed by atoms with Crippen molar-refractivity contribution in [2.75, 3.05) is 7.11 Å². The number of hydrogen-bond acceptors (Lipinski definition) is 3. The summed E-state index contributed by atoms with van der Waals surface area (Å²) in [5.74, 6) is 0.121. The first-order chi connectivity index (χ1) is 9.31. The molecule has 0 saturated heterocycles. The highest BCUT2D eigenvalue weighted by molar-refractivity contribution is 6.51. The molecule has 1 amide bonds. The van der Waals surface area contributed by atoms with Gasteiger partial charge in [0.15, 0.2) is 0 Å². The molecule has 0 bridgehead atoms. The average Bonchev–Trinajstić information content (AvgIpc) is 2.48. The van der Waals surface area contributed by atoms with Gasteiger partial charge in [-0.05, 0) is 17.3 Å². The summed E-state index contributed by atoms with van der Waals surface area (Å²) < 4.78 is 9.05. The van der Waals surface area contributed by atoms with Crippen LogP contribution in [0.15, 0.2) is 64.5 Å². The van der Waals surface area contributed by atoms with Crippen molar-refractivity contribution in [2.45, 2.75) is 0 Å². The van der Waals surface area contributed by atoms with Gasteiger partial charge in [0.2, 0.25) is 0 Å². The van der Waals surface area contributed by atoms with Gasteiger partial charge in [-0.15, -0.1) is 5.11 Å². The van der Waals surface area contributed by atoms with Crippen molar-refractivity contribution in [3.05, 3.63) is 60.2 Å². The number of nitrogens with zero attached hydrogens (tertiary/aromatic N) is 2. The third-order valence-electron chi connectivity index (χ3n) is 2.43. The van der Waals surface area contributed by atoms with Gasteiger partial charge in [0.25, 0.3) is 15.6 Å². The molecule has 0 unspecified atom stereocenters. The molecule has 0 saturated carbocycles. The van der Waals surface area contributed by atoms with Crippen LogP contribution in [0.1, 0.15) is 10.4 Å². The van der Waals surface area contributed by atoms with Crippen molar-refractivity contribution in [1.29, 1.82) is 0 Å². The van der Waals surface area contributed by atoms with Crippen LogP contribution < -0.4 is 9.92 Å². The third-order valence-corrected chi connectivity index (χ3v) is 3.22. The molecule has 94 valence electrons. The summed E-state index contributed by atoms with van der Waals surface area (Å²) in [6.07, 6.45) is 0. The zero-order valence-electron chi connectivity index (χ0n) is 10.4. The van der Waals surface area contributed by atoms with Crippen molar-refractivity contribution >= 4 is 20.8 Å². The minimum atomic E-state index is -0.388. The van der Waals surface area contributed by atoms with Gasteiger partial charge in [0.1, 0.15) is 5.75 Å². The molecule has 0 aliphatic heterocycles. The molecule has 2 aromatic carbocycles. The highest BCUT2D eigenvalue weighted by atomic mass is 28.2. The van der Waals surface area contributed by atoms with E-state index in [9.17, 15) is 4.79 Å². The van der Waals surface area contributed by atoms with Crippen LogP contribution in [0.5, 0.6) is 5.75 Å². The van der Waals surface area contributed by atoms with E-state index >= 15 is 0 Å². The van der Waals surface area contributed by atoms with Gasteiger partial charge in [0.05, 0.1) is 12.7 Å². The SMILES string of the molecule is COc1ccccc1C(=O)N=N[Si]c1ccccc1. The Balaban J connectivity index is 2.05. The summed E-state index contributed by atoms with van der Waals surface area (Å²) >= 11 is 0. The molecule has 0 spiro atoms. The Morgan fingerprint density at radius 2 is 1.74 bits per heavy atom. The van der Waals surface area contributed by atoms with Gasteiger partial charge >= 0.3 is 0 Å². The lowest BCUT2D eigenvalue weighted by molar-refractivity contribution is 0.0993. The summed E-state index contributed by atoms with van der Waals surface area (Å²) in [5, 5.41) is 4.76. The number of ether oxygens (including phenoxy) is 1. The molecule has 2 aromatic rings. The predicted octanol–water partition coefficient (Wildman–Crippen LogP) is 2.23. The molecular weight excluding hydrogens is 256 g/mol. The zero-order chi connectivity index (χ0) is 13.5. The lowest BCUT2D eigenvalue weighted by Gasteiger charge is -2.03. The average molecular weight is 268 g/mol. The van der Waals surface area contributed by atoms with Gasteiger partial charge in [0, 0.05) is 0 Å². The number of rotatable bonds is 4. The molecule has 0 N–H and O–H groups in total. The lowest BCUT2D eigenvalue weighted by atomic mass is 10.2. The Bertz CT molecular complexity index is 585. The van der Waals surface area contributed by atoms with Crippen molar-refractivity contribution in [3.8, 4) is 5.75 Å². The maximum absolute atomic E-state index is 11.9. The van der Waals surface area contributed by atoms with Crippen LogP contribution in [0.4, 0.5) is 0 Å². The van der Waals surface area contributed by atoms with Crippen molar-refractivity contribution in [1.82, 2.24) is 0 Å². The number of carbonyl (C=O) groups excluding carboxylic acids is 1. The summed E-state index contributed by atoms with van der Waals surface area (Å²) in [5.41, 5.74) is 0.423. The zero-order valence-corrected chi connectivity index (χ0v) is 11.4. The van der Waals surface area contributed by atoms with E-state index in [4.69, 9.17) is 4.74 Å². The quantitative estimate of drug-likeness (QED) is 0.630. The second-order valence-corrected chi connectivity index (χ2v) is 4.68. The molecule has 2 radical (unpaired) electrons. The highest BCUT2D eigenvalue weighted by Gasteiger charge is 2.10. The second-order valence-electron chi connectivity index (χ2n) is 3.68. The van der Waals surface area contributed by atoms with Crippen molar-refractivity contribution < 1.29 is 9.53 Å². The van der Waals surface area contributed by atoms with Crippen LogP contribution in [-0.4, -0.2) is 22.7 Å². The molecule has 0 atom stereocenters. The van der Waals surface area contributed by atoms with Crippen LogP contribution in [0.3, 0.4) is 0 Å². The monoisotopic (exact) mass is 268 g/mol. The van der Waals surface area contributed by atoms with E-state index < -0.39 is 0 Å². The Labute approximate surface area is 114 Å². The van der Waals surface area contributed by atoms with E-state index in [1.165, 1.54) is 7.11 Å². The Kier molecular flexibility index (Phi) is 4.58. The molecule has 0 heterocycles. The van der Waals surface area contributed by atoms with E-state index in [-0.39, 0.29) is 15.6 Å². The molecule has 0 aliphatic carbocycles. The maximum atomic E-state index is 11.9. The Hall–Kier alpha value is -2.27. The van der Waals surface area contributed by atoms with Gasteiger partial charge in [-0.25, -0.2) is 4.78 Å². The fourth-order valence-electron chi connectivity index (χ4n) is 1.52. The number of para-hydroxylation sites is 1. The van der Waals surface area contributed by atoms with Crippen LogP contribution in [0, 0.1) is 0 Å². The molecule has 19 heavy (non-hydrogen) atoms. The van der Waals surface area contributed by atoms with Crippen LogP contribution in [0.25, 0.3) is 0 Å². The number of carbonyl (C=O) groups is 1. The summed E-state index contributed by atoms with van der Waals surface area (Å²) in [7, 11) is 1.66. The first-order valence-electron chi connectivity index (χ1n) is 5.70. The number of hydrogen-bond donors (Lipinski definition) is 0.